The van der Waals surface area contributed by atoms with Crippen LogP contribution in [0.25, 0.3) is 0 Å². The Hall–Kier alpha value is -1.65. The summed E-state index contributed by atoms with van der Waals surface area (Å²) in [5, 5.41) is 5.88. The zero-order chi connectivity index (χ0) is 14.7. The van der Waals surface area contributed by atoms with Crippen molar-refractivity contribution < 1.29 is 4.79 Å². The fraction of sp³-hybridized carbons (Fsp3) is 0.643. The van der Waals surface area contributed by atoms with Gasteiger partial charge in [0.05, 0.1) is 12.4 Å². The van der Waals surface area contributed by atoms with E-state index in [0.717, 1.165) is 6.42 Å². The van der Waals surface area contributed by atoms with E-state index in [-0.39, 0.29) is 16.9 Å². The minimum atomic E-state index is -0.285. The number of rotatable bonds is 4. The molecule has 0 aliphatic rings. The number of hydrogen-bond donors (Lipinski definition) is 2. The first-order valence-corrected chi connectivity index (χ1v) is 6.45. The highest BCUT2D eigenvalue weighted by molar-refractivity contribution is 5.92. The van der Waals surface area contributed by atoms with Gasteiger partial charge in [-0.3, -0.25) is 9.78 Å². The summed E-state index contributed by atoms with van der Waals surface area (Å²) in [7, 11) is 1.75. The first kappa shape index (κ1) is 15.4. The van der Waals surface area contributed by atoms with Gasteiger partial charge in [0.2, 0.25) is 0 Å². The van der Waals surface area contributed by atoms with E-state index in [1.807, 2.05) is 13.8 Å². The van der Waals surface area contributed by atoms with Crippen LogP contribution in [0.15, 0.2) is 12.4 Å². The molecule has 5 heteroatoms. The van der Waals surface area contributed by atoms with E-state index in [9.17, 15) is 4.79 Å². The van der Waals surface area contributed by atoms with E-state index in [4.69, 9.17) is 0 Å². The van der Waals surface area contributed by atoms with Crippen LogP contribution in [0.2, 0.25) is 0 Å². The number of amides is 1. The maximum absolute atomic E-state index is 12.2. The maximum Gasteiger partial charge on any atom is 0.271 e. The minimum absolute atomic E-state index is 0.148. The minimum Gasteiger partial charge on any atom is -0.372 e. The normalized spacial score (nSPS) is 12.1. The fourth-order valence-electron chi connectivity index (χ4n) is 2.34. The zero-order valence-corrected chi connectivity index (χ0v) is 12.7. The van der Waals surface area contributed by atoms with Crippen molar-refractivity contribution in [2.75, 3.05) is 12.4 Å². The highest BCUT2D eigenvalue weighted by atomic mass is 16.2. The lowest BCUT2D eigenvalue weighted by Gasteiger charge is -2.33. The van der Waals surface area contributed by atoms with Gasteiger partial charge in [-0.15, -0.1) is 0 Å². The third-order valence-corrected chi connectivity index (χ3v) is 2.55. The second-order valence-electron chi connectivity index (χ2n) is 6.61. The number of nitrogens with zero attached hydrogens (tertiary/aromatic N) is 2. The van der Waals surface area contributed by atoms with Crippen molar-refractivity contribution in [3.8, 4) is 0 Å². The number of nitrogens with one attached hydrogen (secondary N) is 2. The Labute approximate surface area is 115 Å². The van der Waals surface area contributed by atoms with Crippen molar-refractivity contribution >= 4 is 11.7 Å². The van der Waals surface area contributed by atoms with Crippen LogP contribution >= 0.6 is 0 Å². The summed E-state index contributed by atoms with van der Waals surface area (Å²) in [5.74, 6) is 0.389. The van der Waals surface area contributed by atoms with E-state index in [1.54, 1.807) is 13.2 Å². The molecule has 0 saturated heterocycles. The van der Waals surface area contributed by atoms with Crippen molar-refractivity contribution in [3.63, 3.8) is 0 Å². The van der Waals surface area contributed by atoms with Gasteiger partial charge in [0, 0.05) is 12.6 Å². The Morgan fingerprint density at radius 2 is 1.84 bits per heavy atom. The average Bonchev–Trinajstić information content (AvgIpc) is 2.25. The third kappa shape index (κ3) is 5.24. The van der Waals surface area contributed by atoms with Crippen LogP contribution < -0.4 is 10.6 Å². The first-order valence-electron chi connectivity index (χ1n) is 6.45. The van der Waals surface area contributed by atoms with Crippen molar-refractivity contribution in [1.29, 1.82) is 0 Å². The first-order chi connectivity index (χ1) is 8.63. The lowest BCUT2D eigenvalue weighted by molar-refractivity contribution is 0.0886. The highest BCUT2D eigenvalue weighted by Crippen LogP contribution is 2.26. The molecule has 19 heavy (non-hydrogen) atoms. The number of aromatic nitrogens is 2. The predicted octanol–water partition coefficient (Wildman–Crippen LogP) is 2.46. The number of anilines is 1. The summed E-state index contributed by atoms with van der Waals surface area (Å²) < 4.78 is 0. The zero-order valence-electron chi connectivity index (χ0n) is 12.7. The Morgan fingerprint density at radius 1 is 1.21 bits per heavy atom. The molecule has 2 N–H and O–H groups in total. The fourth-order valence-corrected chi connectivity index (χ4v) is 2.34. The van der Waals surface area contributed by atoms with Crippen molar-refractivity contribution in [2.45, 2.75) is 46.6 Å². The standard InChI is InChI=1S/C14H24N4O/c1-13(2,3)9-14(4,5)18-12(19)10-7-16-8-11(15-6)17-10/h7-8H,9H2,1-6H3,(H,15,17)(H,18,19). The van der Waals surface area contributed by atoms with Crippen LogP contribution in [0.5, 0.6) is 0 Å². The van der Waals surface area contributed by atoms with Gasteiger partial charge in [-0.2, -0.15) is 0 Å². The van der Waals surface area contributed by atoms with Crippen LogP contribution in [0, 0.1) is 5.41 Å². The molecule has 1 rings (SSSR count). The van der Waals surface area contributed by atoms with Gasteiger partial charge in [0.1, 0.15) is 11.5 Å². The molecule has 0 fully saturated rings. The second kappa shape index (κ2) is 5.55. The molecule has 106 valence electrons. The quantitative estimate of drug-likeness (QED) is 0.876. The summed E-state index contributed by atoms with van der Waals surface area (Å²) in [5.41, 5.74) is 0.191. The molecule has 0 aliphatic carbocycles. The van der Waals surface area contributed by atoms with Crippen molar-refractivity contribution in [1.82, 2.24) is 15.3 Å². The van der Waals surface area contributed by atoms with Crippen LogP contribution in [0.4, 0.5) is 5.82 Å². The lowest BCUT2D eigenvalue weighted by atomic mass is 9.82. The van der Waals surface area contributed by atoms with Gasteiger partial charge >= 0.3 is 0 Å². The molecule has 1 aromatic rings. The summed E-state index contributed by atoms with van der Waals surface area (Å²) in [6.07, 6.45) is 3.94. The maximum atomic E-state index is 12.2. The van der Waals surface area contributed by atoms with Gasteiger partial charge in [0.25, 0.3) is 5.91 Å². The summed E-state index contributed by atoms with van der Waals surface area (Å²) in [4.78, 5) is 20.4. The molecule has 0 radical (unpaired) electrons. The van der Waals surface area contributed by atoms with Crippen LogP contribution in [0.3, 0.4) is 0 Å². The molecule has 1 heterocycles. The average molecular weight is 264 g/mol. The van der Waals surface area contributed by atoms with Crippen molar-refractivity contribution in [3.05, 3.63) is 18.1 Å². The summed E-state index contributed by atoms with van der Waals surface area (Å²) >= 11 is 0. The molecule has 0 atom stereocenters. The van der Waals surface area contributed by atoms with E-state index < -0.39 is 0 Å². The van der Waals surface area contributed by atoms with E-state index >= 15 is 0 Å². The molecule has 0 aliphatic heterocycles. The van der Waals surface area contributed by atoms with Crippen LogP contribution in [-0.2, 0) is 0 Å². The van der Waals surface area contributed by atoms with Gasteiger partial charge < -0.3 is 10.6 Å². The largest absolute Gasteiger partial charge is 0.372 e. The summed E-state index contributed by atoms with van der Waals surface area (Å²) in [6.45, 7) is 10.5. The lowest BCUT2D eigenvalue weighted by Crippen LogP contribution is -2.46. The predicted molar refractivity (Wildman–Crippen MR) is 77.2 cm³/mol. The molecule has 0 saturated carbocycles. The molecule has 0 aromatic carbocycles. The molecular formula is C14H24N4O. The molecule has 0 spiro atoms. The molecule has 5 nitrogen and oxygen atoms in total. The van der Waals surface area contributed by atoms with E-state index in [1.165, 1.54) is 6.20 Å². The Balaban J connectivity index is 2.78. The number of hydrogen-bond acceptors (Lipinski definition) is 4. The molecule has 1 aromatic heterocycles. The molecule has 0 unspecified atom stereocenters. The van der Waals surface area contributed by atoms with Crippen molar-refractivity contribution in [2.24, 2.45) is 5.41 Å². The van der Waals surface area contributed by atoms with Crippen LogP contribution in [-0.4, -0.2) is 28.5 Å². The van der Waals surface area contributed by atoms with Gasteiger partial charge in [-0.05, 0) is 25.7 Å². The Kier molecular flexibility index (Phi) is 4.50. The molecule has 1 amide bonds. The third-order valence-electron chi connectivity index (χ3n) is 2.55. The van der Waals surface area contributed by atoms with E-state index in [2.05, 4.69) is 41.4 Å². The molecule has 0 bridgehead atoms. The Bertz CT molecular complexity index is 449. The Morgan fingerprint density at radius 3 is 2.37 bits per heavy atom. The monoisotopic (exact) mass is 264 g/mol. The SMILES string of the molecule is CNc1cncc(C(=O)NC(C)(C)CC(C)(C)C)n1. The van der Waals surface area contributed by atoms with Crippen LogP contribution in [0.1, 0.15) is 51.5 Å². The van der Waals surface area contributed by atoms with Gasteiger partial charge in [0.15, 0.2) is 0 Å². The van der Waals surface area contributed by atoms with Gasteiger partial charge in [-0.1, -0.05) is 20.8 Å². The summed E-state index contributed by atoms with van der Waals surface area (Å²) in [6, 6.07) is 0. The number of carbonyl (C=O) groups is 1. The smallest absolute Gasteiger partial charge is 0.271 e. The van der Waals surface area contributed by atoms with E-state index in [0.29, 0.717) is 11.5 Å². The second-order valence-corrected chi connectivity index (χ2v) is 6.61. The van der Waals surface area contributed by atoms with Gasteiger partial charge in [-0.25, -0.2) is 4.98 Å². The number of carbonyl (C=O) groups excluding carboxylic acids is 1. The highest BCUT2D eigenvalue weighted by Gasteiger charge is 2.27. The molecular weight excluding hydrogens is 240 g/mol. The topological polar surface area (TPSA) is 66.9 Å².